The molecule has 0 radical (unpaired) electrons. The molecular weight excluding hydrogens is 274 g/mol. The maximum Gasteiger partial charge on any atom is 0.266 e. The topological polar surface area (TPSA) is 68.5 Å². The van der Waals surface area contributed by atoms with E-state index in [1.807, 2.05) is 19.9 Å². The van der Waals surface area contributed by atoms with Gasteiger partial charge < -0.3 is 15.4 Å². The van der Waals surface area contributed by atoms with E-state index in [1.54, 1.807) is 24.4 Å². The van der Waals surface area contributed by atoms with Crippen LogP contribution in [0.25, 0.3) is 10.1 Å². The van der Waals surface area contributed by atoms with E-state index in [9.17, 15) is 4.79 Å². The number of pyridine rings is 1. The van der Waals surface area contributed by atoms with Crippen molar-refractivity contribution in [2.75, 3.05) is 26.0 Å². The second kappa shape index (κ2) is 6.19. The summed E-state index contributed by atoms with van der Waals surface area (Å²) in [5.41, 5.74) is 6.65. The van der Waals surface area contributed by atoms with E-state index < -0.39 is 0 Å². The van der Waals surface area contributed by atoms with Gasteiger partial charge in [-0.05, 0) is 19.9 Å². The molecule has 1 unspecified atom stereocenters. The van der Waals surface area contributed by atoms with E-state index >= 15 is 0 Å². The van der Waals surface area contributed by atoms with Crippen molar-refractivity contribution in [1.82, 2.24) is 9.88 Å². The van der Waals surface area contributed by atoms with Crippen LogP contribution in [-0.4, -0.2) is 42.1 Å². The zero-order valence-electron chi connectivity index (χ0n) is 11.9. The number of aromatic nitrogens is 1. The Morgan fingerprint density at radius 3 is 2.95 bits per heavy atom. The van der Waals surface area contributed by atoms with E-state index in [0.717, 1.165) is 10.1 Å². The number of ether oxygens (including phenoxy) is 1. The van der Waals surface area contributed by atoms with Crippen LogP contribution in [0.5, 0.6) is 0 Å². The highest BCUT2D eigenvalue weighted by molar-refractivity contribution is 7.21. The van der Waals surface area contributed by atoms with Gasteiger partial charge in [0.1, 0.15) is 4.88 Å². The van der Waals surface area contributed by atoms with Gasteiger partial charge in [-0.3, -0.25) is 9.78 Å². The van der Waals surface area contributed by atoms with E-state index in [1.165, 1.54) is 11.3 Å². The van der Waals surface area contributed by atoms with Gasteiger partial charge in [0.15, 0.2) is 0 Å². The number of nitrogens with two attached hydrogens (primary N) is 1. The lowest BCUT2D eigenvalue weighted by Gasteiger charge is -2.27. The van der Waals surface area contributed by atoms with Gasteiger partial charge in [0.2, 0.25) is 0 Å². The molecule has 2 aromatic rings. The predicted octanol–water partition coefficient (Wildman–Crippen LogP) is 2.38. The van der Waals surface area contributed by atoms with E-state index in [0.29, 0.717) is 23.7 Å². The molecule has 1 amide bonds. The third-order valence-electron chi connectivity index (χ3n) is 3.27. The summed E-state index contributed by atoms with van der Waals surface area (Å²) in [5.74, 6) is -0.0456. The van der Waals surface area contributed by atoms with E-state index in [-0.39, 0.29) is 11.9 Å². The predicted molar refractivity (Wildman–Crippen MR) is 82.1 cm³/mol. The highest BCUT2D eigenvalue weighted by Gasteiger charge is 2.24. The van der Waals surface area contributed by atoms with Gasteiger partial charge in [-0.15, -0.1) is 11.3 Å². The summed E-state index contributed by atoms with van der Waals surface area (Å²) in [6, 6.07) is 1.85. The Morgan fingerprint density at radius 2 is 2.35 bits per heavy atom. The third kappa shape index (κ3) is 2.62. The van der Waals surface area contributed by atoms with Crippen molar-refractivity contribution < 1.29 is 9.53 Å². The number of hydrogen-bond acceptors (Lipinski definition) is 5. The van der Waals surface area contributed by atoms with Crippen molar-refractivity contribution in [1.29, 1.82) is 0 Å². The normalized spacial score (nSPS) is 12.6. The Balaban J connectivity index is 2.37. The molecule has 0 fully saturated rings. The first-order valence-electron chi connectivity index (χ1n) is 6.52. The number of rotatable bonds is 5. The number of amides is 1. The monoisotopic (exact) mass is 293 g/mol. The number of anilines is 1. The molecule has 0 bridgehead atoms. The standard InChI is InChI=1S/C14H19N3O2S/c1-4-17(9(2)8-19-3)14(18)13-12(15)10-5-6-16-7-11(10)20-13/h5-7,9H,4,8,15H2,1-3H3. The van der Waals surface area contributed by atoms with Gasteiger partial charge in [0.05, 0.1) is 23.0 Å². The lowest BCUT2D eigenvalue weighted by Crippen LogP contribution is -2.40. The first-order chi connectivity index (χ1) is 9.60. The summed E-state index contributed by atoms with van der Waals surface area (Å²) in [6.07, 6.45) is 3.42. The van der Waals surface area contributed by atoms with Crippen LogP contribution in [0.15, 0.2) is 18.5 Å². The molecule has 108 valence electrons. The number of hydrogen-bond donors (Lipinski definition) is 1. The molecule has 0 aromatic carbocycles. The van der Waals surface area contributed by atoms with Crippen molar-refractivity contribution in [3.05, 3.63) is 23.3 Å². The van der Waals surface area contributed by atoms with Crippen molar-refractivity contribution in [3.63, 3.8) is 0 Å². The highest BCUT2D eigenvalue weighted by atomic mass is 32.1. The summed E-state index contributed by atoms with van der Waals surface area (Å²) in [5, 5.41) is 0.892. The Labute approximate surface area is 122 Å². The molecule has 0 aliphatic rings. The van der Waals surface area contributed by atoms with Gasteiger partial charge in [0, 0.05) is 31.4 Å². The number of fused-ring (bicyclic) bond motifs is 1. The minimum Gasteiger partial charge on any atom is -0.397 e. The quantitative estimate of drug-likeness (QED) is 0.919. The number of nitrogen functional groups attached to an aromatic ring is 1. The molecule has 1 atom stereocenters. The van der Waals surface area contributed by atoms with Gasteiger partial charge in [-0.1, -0.05) is 0 Å². The summed E-state index contributed by atoms with van der Waals surface area (Å²) < 4.78 is 6.06. The maximum absolute atomic E-state index is 12.7. The number of thiophene rings is 1. The lowest BCUT2D eigenvalue weighted by atomic mass is 10.2. The number of methoxy groups -OCH3 is 1. The fourth-order valence-corrected chi connectivity index (χ4v) is 3.29. The lowest BCUT2D eigenvalue weighted by molar-refractivity contribution is 0.0585. The zero-order chi connectivity index (χ0) is 14.7. The molecule has 6 heteroatoms. The van der Waals surface area contributed by atoms with E-state index in [4.69, 9.17) is 10.5 Å². The van der Waals surface area contributed by atoms with Gasteiger partial charge >= 0.3 is 0 Å². The fourth-order valence-electron chi connectivity index (χ4n) is 2.25. The molecule has 0 aliphatic heterocycles. The van der Waals surface area contributed by atoms with Crippen LogP contribution in [0.1, 0.15) is 23.5 Å². The van der Waals surface area contributed by atoms with Crippen LogP contribution in [0.3, 0.4) is 0 Å². The Kier molecular flexibility index (Phi) is 4.57. The maximum atomic E-state index is 12.7. The van der Waals surface area contributed by atoms with Crippen molar-refractivity contribution in [2.45, 2.75) is 19.9 Å². The molecule has 2 rings (SSSR count). The van der Waals surface area contributed by atoms with Crippen molar-refractivity contribution in [2.24, 2.45) is 0 Å². The summed E-state index contributed by atoms with van der Waals surface area (Å²) in [6.45, 7) is 5.05. The molecule has 20 heavy (non-hydrogen) atoms. The van der Waals surface area contributed by atoms with Crippen molar-refractivity contribution in [3.8, 4) is 0 Å². The minimum absolute atomic E-state index is 0.0141. The average Bonchev–Trinajstić information content (AvgIpc) is 2.78. The second-order valence-corrected chi connectivity index (χ2v) is 5.66. The molecule has 0 saturated heterocycles. The molecular formula is C14H19N3O2S. The number of carbonyl (C=O) groups excluding carboxylic acids is 1. The summed E-state index contributed by atoms with van der Waals surface area (Å²) >= 11 is 1.39. The number of carbonyl (C=O) groups is 1. The SMILES string of the molecule is CCN(C(=O)c1sc2cnccc2c1N)C(C)COC. The molecule has 0 aliphatic carbocycles. The smallest absolute Gasteiger partial charge is 0.266 e. The van der Waals surface area contributed by atoms with Gasteiger partial charge in [-0.2, -0.15) is 0 Å². The van der Waals surface area contributed by atoms with Crippen molar-refractivity contribution >= 4 is 33.0 Å². The summed E-state index contributed by atoms with van der Waals surface area (Å²) in [4.78, 5) is 19.1. The average molecular weight is 293 g/mol. The molecule has 0 saturated carbocycles. The third-order valence-corrected chi connectivity index (χ3v) is 4.41. The molecule has 2 aromatic heterocycles. The molecule has 0 spiro atoms. The Hall–Kier alpha value is -1.66. The number of nitrogens with zero attached hydrogens (tertiary/aromatic N) is 2. The van der Waals surface area contributed by atoms with Crippen LogP contribution in [0, 0.1) is 0 Å². The molecule has 2 heterocycles. The van der Waals surface area contributed by atoms with Gasteiger partial charge in [0.25, 0.3) is 5.91 Å². The van der Waals surface area contributed by atoms with Crippen LogP contribution in [0.4, 0.5) is 5.69 Å². The van der Waals surface area contributed by atoms with Gasteiger partial charge in [-0.25, -0.2) is 0 Å². The van der Waals surface area contributed by atoms with Crippen LogP contribution in [0.2, 0.25) is 0 Å². The first-order valence-corrected chi connectivity index (χ1v) is 7.33. The zero-order valence-corrected chi connectivity index (χ0v) is 12.7. The Bertz CT molecular complexity index is 611. The van der Waals surface area contributed by atoms with Crippen LogP contribution >= 0.6 is 11.3 Å². The second-order valence-electron chi connectivity index (χ2n) is 4.61. The largest absolute Gasteiger partial charge is 0.397 e. The number of likely N-dealkylation sites (N-methyl/N-ethyl adjacent to an activating group) is 1. The first kappa shape index (κ1) is 14.7. The van der Waals surface area contributed by atoms with Crippen LogP contribution < -0.4 is 5.73 Å². The van der Waals surface area contributed by atoms with E-state index in [2.05, 4.69) is 4.98 Å². The minimum atomic E-state index is -0.0456. The Morgan fingerprint density at radius 1 is 1.60 bits per heavy atom. The molecule has 2 N–H and O–H groups in total. The summed E-state index contributed by atoms with van der Waals surface area (Å²) in [7, 11) is 1.63. The molecule has 5 nitrogen and oxygen atoms in total. The van der Waals surface area contributed by atoms with Crippen LogP contribution in [-0.2, 0) is 4.74 Å². The fraction of sp³-hybridized carbons (Fsp3) is 0.429. The highest BCUT2D eigenvalue weighted by Crippen LogP contribution is 2.33.